The van der Waals surface area contributed by atoms with E-state index in [1.807, 2.05) is 51.2 Å². The van der Waals surface area contributed by atoms with E-state index in [9.17, 15) is 4.79 Å². The normalized spacial score (nSPS) is 14.9. The van der Waals surface area contributed by atoms with Gasteiger partial charge in [0.05, 0.1) is 28.6 Å². The number of hydrogen-bond acceptors (Lipinski definition) is 8. The van der Waals surface area contributed by atoms with E-state index in [4.69, 9.17) is 9.97 Å². The third-order valence-corrected chi connectivity index (χ3v) is 6.79. The molecule has 0 spiro atoms. The van der Waals surface area contributed by atoms with Gasteiger partial charge in [0.15, 0.2) is 17.3 Å². The molecule has 11 heteroatoms. The molecule has 6 rings (SSSR count). The first-order chi connectivity index (χ1) is 18.3. The number of H-pyrrole nitrogens is 2. The molecule has 194 valence electrons. The number of nitrogens with zero attached hydrogens (tertiary/aromatic N) is 7. The smallest absolute Gasteiger partial charge is 0.229 e. The highest BCUT2D eigenvalue weighted by Crippen LogP contribution is 2.31. The molecule has 5 aromatic rings. The second-order valence-electron chi connectivity index (χ2n) is 10.7. The largest absolute Gasteiger partial charge is 0.352 e. The molecule has 1 saturated heterocycles. The number of piperazine rings is 1. The maximum absolute atomic E-state index is 12.4. The van der Waals surface area contributed by atoms with Gasteiger partial charge in [0, 0.05) is 49.6 Å². The van der Waals surface area contributed by atoms with Gasteiger partial charge in [-0.05, 0) is 31.3 Å². The Morgan fingerprint density at radius 2 is 1.82 bits per heavy atom. The van der Waals surface area contributed by atoms with Crippen LogP contribution in [0.25, 0.3) is 44.8 Å². The van der Waals surface area contributed by atoms with Crippen LogP contribution in [-0.4, -0.2) is 79.2 Å². The van der Waals surface area contributed by atoms with Crippen LogP contribution in [0.1, 0.15) is 20.8 Å². The molecule has 6 heterocycles. The lowest BCUT2D eigenvalue weighted by atomic mass is 9.95. The van der Waals surface area contributed by atoms with Crippen molar-refractivity contribution in [2.24, 2.45) is 5.41 Å². The Balaban J connectivity index is 1.35. The topological polar surface area (TPSA) is 132 Å². The molecule has 0 saturated carbocycles. The second-order valence-corrected chi connectivity index (χ2v) is 10.7. The maximum Gasteiger partial charge on any atom is 0.229 e. The van der Waals surface area contributed by atoms with Crippen molar-refractivity contribution in [1.29, 1.82) is 0 Å². The number of imidazole rings is 1. The average molecular weight is 511 g/mol. The minimum absolute atomic E-state index is 0.0766. The van der Waals surface area contributed by atoms with E-state index in [0.717, 1.165) is 59.8 Å². The number of hydrogen-bond donors (Lipinski definition) is 3. The number of carbonyl (C=O) groups is 1. The van der Waals surface area contributed by atoms with Crippen LogP contribution >= 0.6 is 0 Å². The number of anilines is 2. The highest BCUT2D eigenvalue weighted by molar-refractivity contribution is 5.96. The van der Waals surface area contributed by atoms with Crippen molar-refractivity contribution in [2.45, 2.75) is 20.8 Å². The molecule has 0 aromatic carbocycles. The molecule has 0 atom stereocenters. The first-order valence-electron chi connectivity index (χ1n) is 12.7. The van der Waals surface area contributed by atoms with E-state index in [1.54, 1.807) is 12.4 Å². The molecular weight excluding hydrogens is 480 g/mol. The lowest BCUT2D eigenvalue weighted by Crippen LogP contribution is -2.44. The fourth-order valence-corrected chi connectivity index (χ4v) is 4.47. The standard InChI is InChI=1S/C27H30N10O/c1-27(2,3)26(38)30-17-13-16(14-28-15-17)18-5-6-20-21(31-18)23(35-34-20)24-32-19-7-8-29-25(22(19)33-24)37-11-9-36(4)10-12-37/h5-8,13-15H,9-12H2,1-4H3,(H,30,38)(H,32,33)(H,34,35). The molecule has 1 fully saturated rings. The molecule has 3 N–H and O–H groups in total. The lowest BCUT2D eigenvalue weighted by molar-refractivity contribution is -0.123. The number of pyridine rings is 3. The quantitative estimate of drug-likeness (QED) is 0.334. The van der Waals surface area contributed by atoms with Crippen LogP contribution in [0.2, 0.25) is 0 Å². The summed E-state index contributed by atoms with van der Waals surface area (Å²) in [5, 5.41) is 10.5. The predicted molar refractivity (Wildman–Crippen MR) is 148 cm³/mol. The van der Waals surface area contributed by atoms with Gasteiger partial charge in [-0.15, -0.1) is 0 Å². The molecule has 1 amide bonds. The molecule has 1 aliphatic rings. The summed E-state index contributed by atoms with van der Waals surface area (Å²) in [5.74, 6) is 1.43. The van der Waals surface area contributed by atoms with Gasteiger partial charge in [-0.2, -0.15) is 5.10 Å². The summed E-state index contributed by atoms with van der Waals surface area (Å²) in [6, 6.07) is 7.65. The van der Waals surface area contributed by atoms with Gasteiger partial charge in [-0.3, -0.25) is 14.9 Å². The number of rotatable bonds is 4. The Morgan fingerprint density at radius 3 is 2.61 bits per heavy atom. The van der Waals surface area contributed by atoms with Crippen molar-refractivity contribution < 1.29 is 4.79 Å². The molecule has 38 heavy (non-hydrogen) atoms. The van der Waals surface area contributed by atoms with Gasteiger partial charge in [0.25, 0.3) is 0 Å². The van der Waals surface area contributed by atoms with Crippen LogP contribution in [0.15, 0.2) is 42.9 Å². The summed E-state index contributed by atoms with van der Waals surface area (Å²) < 4.78 is 0. The van der Waals surface area contributed by atoms with Gasteiger partial charge in [0.1, 0.15) is 11.0 Å². The Hall–Kier alpha value is -4.38. The number of likely N-dealkylation sites (N-methyl/N-ethyl adjacent to an activating group) is 1. The van der Waals surface area contributed by atoms with Crippen molar-refractivity contribution in [3.05, 3.63) is 42.9 Å². The van der Waals surface area contributed by atoms with E-state index in [1.165, 1.54) is 0 Å². The van der Waals surface area contributed by atoms with E-state index in [-0.39, 0.29) is 5.91 Å². The number of aromatic nitrogens is 7. The zero-order valence-corrected chi connectivity index (χ0v) is 21.9. The molecule has 1 aliphatic heterocycles. The van der Waals surface area contributed by atoms with Crippen molar-refractivity contribution in [2.75, 3.05) is 43.4 Å². The SMILES string of the molecule is CN1CCN(c2nccc3[nH]c(-c4n[nH]c5ccc(-c6cncc(NC(=O)C(C)(C)C)c6)nc45)nc23)CC1. The zero-order chi connectivity index (χ0) is 26.4. The Kier molecular flexibility index (Phi) is 5.79. The maximum atomic E-state index is 12.4. The van der Waals surface area contributed by atoms with E-state index in [0.29, 0.717) is 22.7 Å². The molecule has 0 unspecified atom stereocenters. The summed E-state index contributed by atoms with van der Waals surface area (Å²) in [7, 11) is 2.14. The number of carbonyl (C=O) groups excluding carboxylic acids is 1. The highest BCUT2D eigenvalue weighted by atomic mass is 16.2. The summed E-state index contributed by atoms with van der Waals surface area (Å²) in [4.78, 5) is 39.3. The molecular formula is C27H30N10O. The van der Waals surface area contributed by atoms with Crippen molar-refractivity contribution in [3.63, 3.8) is 0 Å². The third kappa shape index (κ3) is 4.45. The van der Waals surface area contributed by atoms with Crippen LogP contribution in [0.3, 0.4) is 0 Å². The van der Waals surface area contributed by atoms with Crippen LogP contribution in [0, 0.1) is 5.41 Å². The number of amides is 1. The van der Waals surface area contributed by atoms with Gasteiger partial charge in [0.2, 0.25) is 5.91 Å². The first-order valence-corrected chi connectivity index (χ1v) is 12.7. The number of nitrogens with one attached hydrogen (secondary N) is 3. The van der Waals surface area contributed by atoms with Crippen molar-refractivity contribution in [3.8, 4) is 22.8 Å². The van der Waals surface area contributed by atoms with Gasteiger partial charge >= 0.3 is 0 Å². The van der Waals surface area contributed by atoms with Crippen LogP contribution in [0.5, 0.6) is 0 Å². The monoisotopic (exact) mass is 510 g/mol. The zero-order valence-electron chi connectivity index (χ0n) is 21.9. The Morgan fingerprint density at radius 1 is 1.00 bits per heavy atom. The van der Waals surface area contributed by atoms with Gasteiger partial charge < -0.3 is 20.1 Å². The summed E-state index contributed by atoms with van der Waals surface area (Å²) in [6.07, 6.45) is 5.18. The lowest BCUT2D eigenvalue weighted by Gasteiger charge is -2.33. The molecule has 5 aromatic heterocycles. The van der Waals surface area contributed by atoms with Crippen molar-refractivity contribution in [1.82, 2.24) is 40.0 Å². The molecule has 0 bridgehead atoms. The van der Waals surface area contributed by atoms with Crippen molar-refractivity contribution >= 4 is 39.5 Å². The Labute approximate surface area is 219 Å². The predicted octanol–water partition coefficient (Wildman–Crippen LogP) is 3.69. The molecule has 11 nitrogen and oxygen atoms in total. The summed E-state index contributed by atoms with van der Waals surface area (Å²) >= 11 is 0. The first kappa shape index (κ1) is 24.0. The van der Waals surface area contributed by atoms with Crippen LogP contribution in [0.4, 0.5) is 11.5 Å². The Bertz CT molecular complexity index is 1640. The summed E-state index contributed by atoms with van der Waals surface area (Å²) in [5.41, 5.74) is 5.48. The minimum Gasteiger partial charge on any atom is -0.352 e. The summed E-state index contributed by atoms with van der Waals surface area (Å²) in [6.45, 7) is 9.41. The van der Waals surface area contributed by atoms with E-state index < -0.39 is 5.41 Å². The fourth-order valence-electron chi connectivity index (χ4n) is 4.47. The van der Waals surface area contributed by atoms with E-state index in [2.05, 4.69) is 47.3 Å². The van der Waals surface area contributed by atoms with Crippen LogP contribution < -0.4 is 10.2 Å². The number of aromatic amines is 2. The second kappa shape index (κ2) is 9.18. The average Bonchev–Trinajstić information content (AvgIpc) is 3.52. The van der Waals surface area contributed by atoms with Crippen LogP contribution in [-0.2, 0) is 4.79 Å². The van der Waals surface area contributed by atoms with Gasteiger partial charge in [-0.1, -0.05) is 20.8 Å². The van der Waals surface area contributed by atoms with E-state index >= 15 is 0 Å². The van der Waals surface area contributed by atoms with Gasteiger partial charge in [-0.25, -0.2) is 15.0 Å². The fraction of sp³-hybridized carbons (Fsp3) is 0.333. The highest BCUT2D eigenvalue weighted by Gasteiger charge is 2.23. The minimum atomic E-state index is -0.509. The third-order valence-electron chi connectivity index (χ3n) is 6.79. The number of fused-ring (bicyclic) bond motifs is 2. The molecule has 0 radical (unpaired) electrons. The molecule has 0 aliphatic carbocycles.